The van der Waals surface area contributed by atoms with Crippen LogP contribution in [0.3, 0.4) is 0 Å². The van der Waals surface area contributed by atoms with Crippen molar-refractivity contribution in [3.05, 3.63) is 85.8 Å². The molecule has 1 heterocycles. The molecular formula is C17H23N. The van der Waals surface area contributed by atoms with E-state index in [2.05, 4.69) is 18.8 Å². The van der Waals surface area contributed by atoms with E-state index < -0.39 is 0 Å². The molecule has 0 atom stereocenters. The van der Waals surface area contributed by atoms with Crippen molar-refractivity contribution in [1.82, 2.24) is 5.32 Å². The number of rotatable bonds is 2. The Labute approximate surface area is 111 Å². The summed E-state index contributed by atoms with van der Waals surface area (Å²) in [6.45, 7) is 5.69. The molecule has 18 heavy (non-hydrogen) atoms. The molecule has 0 spiro atoms. The minimum atomic E-state index is 1.15. The van der Waals surface area contributed by atoms with Gasteiger partial charge in [-0.2, -0.15) is 0 Å². The van der Waals surface area contributed by atoms with Crippen molar-refractivity contribution < 1.29 is 0 Å². The van der Waals surface area contributed by atoms with Crippen molar-refractivity contribution in [2.45, 2.75) is 19.8 Å². The van der Waals surface area contributed by atoms with Gasteiger partial charge in [-0.1, -0.05) is 68.0 Å². The van der Waals surface area contributed by atoms with Gasteiger partial charge in [-0.25, -0.2) is 0 Å². The monoisotopic (exact) mass is 241 g/mol. The van der Waals surface area contributed by atoms with Crippen LogP contribution in [0.4, 0.5) is 0 Å². The number of nitrogens with one attached hydrogen (secondary N) is 1. The number of hydrogen-bond acceptors (Lipinski definition) is 1. The van der Waals surface area contributed by atoms with Crippen molar-refractivity contribution in [3.63, 3.8) is 0 Å². The maximum Gasteiger partial charge on any atom is 0.000442 e. The predicted octanol–water partition coefficient (Wildman–Crippen LogP) is 4.83. The van der Waals surface area contributed by atoms with E-state index in [9.17, 15) is 0 Å². The molecule has 1 N–H and O–H groups in total. The topological polar surface area (TPSA) is 12.0 Å². The minimum Gasteiger partial charge on any atom is -0.368 e. The van der Waals surface area contributed by atoms with Crippen LogP contribution >= 0.6 is 0 Å². The molecule has 0 unspecified atom stereocenters. The maximum absolute atomic E-state index is 3.55. The molecule has 0 bridgehead atoms. The van der Waals surface area contributed by atoms with Crippen molar-refractivity contribution in [3.8, 4) is 0 Å². The molecule has 96 valence electrons. The van der Waals surface area contributed by atoms with Gasteiger partial charge in [0.05, 0.1) is 0 Å². The summed E-state index contributed by atoms with van der Waals surface area (Å²) in [4.78, 5) is 0. The first-order valence-electron chi connectivity index (χ1n) is 6.27. The molecule has 1 aromatic rings. The first-order chi connectivity index (χ1) is 8.91. The molecule has 1 aliphatic rings. The molecule has 1 nitrogen and oxygen atoms in total. The molecule has 0 fully saturated rings. The van der Waals surface area contributed by atoms with Crippen LogP contribution in [0.25, 0.3) is 0 Å². The summed E-state index contributed by atoms with van der Waals surface area (Å²) in [5, 5.41) is 2.92. The van der Waals surface area contributed by atoms with E-state index in [4.69, 9.17) is 0 Å². The summed E-state index contributed by atoms with van der Waals surface area (Å²) in [6, 6.07) is 12.0. The first-order valence-corrected chi connectivity index (χ1v) is 6.27. The zero-order chi connectivity index (χ0) is 13.3. The average molecular weight is 241 g/mol. The summed E-state index contributed by atoms with van der Waals surface area (Å²) in [6.07, 6.45) is 15.9. The fraction of sp³-hybridized carbons (Fsp3) is 0.176. The standard InChI is InChI=1S/C6H7N.C6H6.C5H10/c1-2-4-6-7-5-3-1;1-2-4-6-5-3-1;1-3-5-4-2/h1-7H;1-6H;3H,1,4-5H2,2H3. The van der Waals surface area contributed by atoms with E-state index in [0.717, 1.165) is 6.42 Å². The molecule has 1 heteroatoms. The fourth-order valence-electron chi connectivity index (χ4n) is 0.995. The van der Waals surface area contributed by atoms with Crippen LogP contribution in [0.15, 0.2) is 85.8 Å². The number of unbranched alkanes of at least 4 members (excludes halogenated alkanes) is 1. The van der Waals surface area contributed by atoms with Crippen LogP contribution in [0, 0.1) is 0 Å². The predicted molar refractivity (Wildman–Crippen MR) is 82.1 cm³/mol. The third kappa shape index (κ3) is 14.0. The lowest BCUT2D eigenvalue weighted by molar-refractivity contribution is 0.961. The fourth-order valence-corrected chi connectivity index (χ4v) is 0.995. The van der Waals surface area contributed by atoms with E-state index >= 15 is 0 Å². The highest BCUT2D eigenvalue weighted by molar-refractivity contribution is 5.14. The molecule has 1 aliphatic heterocycles. The Balaban J connectivity index is 0.000000245. The number of benzene rings is 1. The summed E-state index contributed by atoms with van der Waals surface area (Å²) in [7, 11) is 0. The lowest BCUT2D eigenvalue weighted by Crippen LogP contribution is -1.87. The van der Waals surface area contributed by atoms with Crippen LogP contribution in [0.5, 0.6) is 0 Å². The smallest absolute Gasteiger partial charge is 0.000442 e. The second kappa shape index (κ2) is 15.0. The van der Waals surface area contributed by atoms with E-state index in [1.807, 2.05) is 79.2 Å². The lowest BCUT2D eigenvalue weighted by Gasteiger charge is -1.79. The van der Waals surface area contributed by atoms with Crippen LogP contribution in [0.1, 0.15) is 19.8 Å². The molecule has 0 radical (unpaired) electrons. The molecule has 0 saturated carbocycles. The van der Waals surface area contributed by atoms with Gasteiger partial charge in [0.15, 0.2) is 0 Å². The zero-order valence-corrected chi connectivity index (χ0v) is 11.1. The molecule has 0 saturated heterocycles. The summed E-state index contributed by atoms with van der Waals surface area (Å²) in [5.74, 6) is 0. The third-order valence-electron chi connectivity index (χ3n) is 1.88. The highest BCUT2D eigenvalue weighted by atomic mass is 14.8. The normalized spacial score (nSPS) is 10.9. The highest BCUT2D eigenvalue weighted by Gasteiger charge is 1.67. The third-order valence-corrected chi connectivity index (χ3v) is 1.88. The lowest BCUT2D eigenvalue weighted by atomic mass is 10.3. The average Bonchev–Trinajstić information content (AvgIpc) is 2.75. The molecular weight excluding hydrogens is 218 g/mol. The molecule has 0 aliphatic carbocycles. The molecule has 2 rings (SSSR count). The van der Waals surface area contributed by atoms with E-state index in [1.165, 1.54) is 6.42 Å². The van der Waals surface area contributed by atoms with E-state index in [0.29, 0.717) is 0 Å². The largest absolute Gasteiger partial charge is 0.368 e. The van der Waals surface area contributed by atoms with Gasteiger partial charge in [-0.05, 0) is 18.6 Å². The highest BCUT2D eigenvalue weighted by Crippen LogP contribution is 1.82. The summed E-state index contributed by atoms with van der Waals surface area (Å²) >= 11 is 0. The Kier molecular flexibility index (Phi) is 13.3. The first kappa shape index (κ1) is 16.0. The Hall–Kier alpha value is -2.02. The van der Waals surface area contributed by atoms with Crippen molar-refractivity contribution >= 4 is 0 Å². The van der Waals surface area contributed by atoms with Crippen LogP contribution in [-0.2, 0) is 0 Å². The van der Waals surface area contributed by atoms with Gasteiger partial charge in [0.1, 0.15) is 0 Å². The van der Waals surface area contributed by atoms with Crippen molar-refractivity contribution in [2.24, 2.45) is 0 Å². The number of allylic oxidation sites excluding steroid dienone is 5. The van der Waals surface area contributed by atoms with Gasteiger partial charge < -0.3 is 5.32 Å². The van der Waals surface area contributed by atoms with Gasteiger partial charge in [-0.3, -0.25) is 0 Å². The molecule has 0 aromatic heterocycles. The zero-order valence-electron chi connectivity index (χ0n) is 11.1. The summed E-state index contributed by atoms with van der Waals surface area (Å²) < 4.78 is 0. The van der Waals surface area contributed by atoms with E-state index in [-0.39, 0.29) is 0 Å². The van der Waals surface area contributed by atoms with Gasteiger partial charge in [0, 0.05) is 12.4 Å². The Morgan fingerprint density at radius 3 is 1.56 bits per heavy atom. The van der Waals surface area contributed by atoms with Crippen molar-refractivity contribution in [1.29, 1.82) is 0 Å². The second-order valence-electron chi connectivity index (χ2n) is 3.50. The van der Waals surface area contributed by atoms with Gasteiger partial charge in [-0.15, -0.1) is 6.58 Å². The molecule has 0 amide bonds. The van der Waals surface area contributed by atoms with Gasteiger partial charge in [0.2, 0.25) is 0 Å². The Bertz CT molecular complexity index is 306. The second-order valence-corrected chi connectivity index (χ2v) is 3.50. The Morgan fingerprint density at radius 2 is 1.28 bits per heavy atom. The maximum atomic E-state index is 3.55. The van der Waals surface area contributed by atoms with Gasteiger partial charge >= 0.3 is 0 Å². The van der Waals surface area contributed by atoms with Crippen LogP contribution in [0.2, 0.25) is 0 Å². The number of hydrogen-bond donors (Lipinski definition) is 1. The van der Waals surface area contributed by atoms with E-state index in [1.54, 1.807) is 0 Å². The summed E-state index contributed by atoms with van der Waals surface area (Å²) in [5.41, 5.74) is 0. The van der Waals surface area contributed by atoms with Gasteiger partial charge in [0.25, 0.3) is 0 Å². The van der Waals surface area contributed by atoms with Crippen LogP contribution in [-0.4, -0.2) is 0 Å². The van der Waals surface area contributed by atoms with Crippen LogP contribution < -0.4 is 5.32 Å². The SMILES string of the molecule is C1=CC=CNC=C1.C=CCCC.c1ccccc1. The quantitative estimate of drug-likeness (QED) is 0.731. The Morgan fingerprint density at radius 1 is 0.833 bits per heavy atom. The minimum absolute atomic E-state index is 1.15. The van der Waals surface area contributed by atoms with Crippen molar-refractivity contribution in [2.75, 3.05) is 0 Å². The molecule has 1 aromatic carbocycles.